The van der Waals surface area contributed by atoms with Crippen molar-refractivity contribution >= 4 is 49.7 Å². The molecule has 0 radical (unpaired) electrons. The quantitative estimate of drug-likeness (QED) is 0.0659. The number of carbonyl (C=O) groups is 1. The Bertz CT molecular complexity index is 2370. The molecule has 13 heteroatoms. The average molecular weight is 817 g/mol. The molecule has 0 saturated heterocycles. The van der Waals surface area contributed by atoms with Crippen molar-refractivity contribution in [2.75, 3.05) is 29.5 Å². The van der Waals surface area contributed by atoms with Crippen molar-refractivity contribution in [2.45, 2.75) is 76.9 Å². The number of benzene rings is 4. The number of phenols is 1. The third-order valence-corrected chi connectivity index (χ3v) is 12.7. The van der Waals surface area contributed by atoms with Gasteiger partial charge in [0.05, 0.1) is 32.3 Å². The Kier molecular flexibility index (Phi) is 13.2. The van der Waals surface area contributed by atoms with Crippen molar-refractivity contribution < 1.29 is 45.2 Å². The highest BCUT2D eigenvalue weighted by Gasteiger charge is 2.58. The molecule has 0 bridgehead atoms. The predicted octanol–water partition coefficient (Wildman–Crippen LogP) is 7.87. The van der Waals surface area contributed by atoms with Gasteiger partial charge >= 0.3 is 0 Å². The molecular formula is C44H52N2O9S2. The number of phenolic OH excluding ortho intramolecular Hbond substituents is 1. The van der Waals surface area contributed by atoms with Crippen LogP contribution in [0.4, 0.5) is 11.4 Å². The summed E-state index contributed by atoms with van der Waals surface area (Å²) in [6, 6.07) is 30.9. The van der Waals surface area contributed by atoms with Gasteiger partial charge in [0.25, 0.3) is 10.1 Å². The van der Waals surface area contributed by atoms with E-state index in [1.165, 1.54) is 28.6 Å². The maximum absolute atomic E-state index is 11.1. The van der Waals surface area contributed by atoms with Crippen LogP contribution < -0.4 is 9.64 Å². The van der Waals surface area contributed by atoms with Gasteiger partial charge in [-0.1, -0.05) is 66.7 Å². The van der Waals surface area contributed by atoms with Crippen LogP contribution in [-0.2, 0) is 31.1 Å². The van der Waals surface area contributed by atoms with Crippen LogP contribution in [-0.4, -0.2) is 77.9 Å². The molecule has 0 aliphatic carbocycles. The molecule has 11 nitrogen and oxygen atoms in total. The lowest BCUT2D eigenvalue weighted by atomic mass is 9.76. The lowest BCUT2D eigenvalue weighted by Gasteiger charge is -2.47. The molecule has 2 N–H and O–H groups in total. The highest BCUT2D eigenvalue weighted by Crippen LogP contribution is 2.54. The topological polar surface area (TPSA) is 164 Å². The minimum absolute atomic E-state index is 0.00119. The number of anilines is 1. The van der Waals surface area contributed by atoms with Crippen LogP contribution in [0.2, 0.25) is 0 Å². The number of carbonyl (C=O) groups excluding carboxylic acids is 1. The summed E-state index contributed by atoms with van der Waals surface area (Å²) in [7, 11) is -8.03. The maximum Gasteiger partial charge on any atom is 0.264 e. The number of hydrogen-bond donors (Lipinski definition) is 2. The van der Waals surface area contributed by atoms with Crippen LogP contribution in [0, 0.1) is 0 Å². The van der Waals surface area contributed by atoms with Gasteiger partial charge in [-0.2, -0.15) is 13.0 Å². The zero-order valence-corrected chi connectivity index (χ0v) is 34.7. The Morgan fingerprint density at radius 2 is 1.40 bits per heavy atom. The van der Waals surface area contributed by atoms with Crippen LogP contribution in [0.3, 0.4) is 0 Å². The van der Waals surface area contributed by atoms with Crippen molar-refractivity contribution in [3.8, 4) is 11.5 Å². The van der Waals surface area contributed by atoms with Crippen LogP contribution in [0.1, 0.15) is 87.4 Å². The second kappa shape index (κ2) is 17.4. The van der Waals surface area contributed by atoms with Crippen molar-refractivity contribution in [1.82, 2.24) is 0 Å². The molecule has 1 atom stereocenters. The van der Waals surface area contributed by atoms with Crippen molar-refractivity contribution in [2.24, 2.45) is 0 Å². The summed E-state index contributed by atoms with van der Waals surface area (Å²) in [6.45, 7) is 12.3. The first-order chi connectivity index (χ1) is 26.8. The Balaban J connectivity index is 0.000000185. The summed E-state index contributed by atoms with van der Waals surface area (Å²) in [6.07, 6.45) is 6.99. The number of rotatable bonds is 11. The van der Waals surface area contributed by atoms with Crippen LogP contribution in [0.5, 0.6) is 11.5 Å². The van der Waals surface area contributed by atoms with Crippen LogP contribution >= 0.6 is 0 Å². The van der Waals surface area contributed by atoms with Gasteiger partial charge in [0.1, 0.15) is 18.0 Å². The van der Waals surface area contributed by atoms with E-state index in [1.54, 1.807) is 18.2 Å². The Hall–Kier alpha value is -4.82. The summed E-state index contributed by atoms with van der Waals surface area (Å²) < 4.78 is 71.9. The summed E-state index contributed by atoms with van der Waals surface area (Å²) in [5, 5.41) is 8.88. The van der Waals surface area contributed by atoms with E-state index in [-0.39, 0.29) is 28.1 Å². The first kappa shape index (κ1) is 43.3. The maximum atomic E-state index is 11.1. The molecule has 3 aliphatic heterocycles. The van der Waals surface area contributed by atoms with Gasteiger partial charge < -0.3 is 19.3 Å². The summed E-state index contributed by atoms with van der Waals surface area (Å²) in [5.74, 6) is 0.380. The van der Waals surface area contributed by atoms with Crippen molar-refractivity contribution in [3.63, 3.8) is 0 Å². The van der Waals surface area contributed by atoms with E-state index in [2.05, 4.69) is 80.5 Å². The highest BCUT2D eigenvalue weighted by atomic mass is 32.2. The van der Waals surface area contributed by atoms with E-state index in [0.29, 0.717) is 44.1 Å². The number of nitrogens with zero attached hydrogens (tertiary/aromatic N) is 2. The lowest BCUT2D eigenvalue weighted by Crippen LogP contribution is -2.59. The van der Waals surface area contributed by atoms with Gasteiger partial charge in [0.15, 0.2) is 12.0 Å². The Morgan fingerprint density at radius 3 is 2.07 bits per heavy atom. The zero-order chi connectivity index (χ0) is 41.6. The molecule has 0 aromatic heterocycles. The van der Waals surface area contributed by atoms with Crippen molar-refractivity contribution in [1.29, 1.82) is 0 Å². The molecule has 7 rings (SSSR count). The van der Waals surface area contributed by atoms with E-state index in [1.807, 2.05) is 48.5 Å². The van der Waals surface area contributed by atoms with Gasteiger partial charge in [0, 0.05) is 48.5 Å². The first-order valence-electron chi connectivity index (χ1n) is 19.0. The summed E-state index contributed by atoms with van der Waals surface area (Å²) >= 11 is 0. The van der Waals surface area contributed by atoms with Gasteiger partial charge in [-0.15, -0.1) is 0 Å². The van der Waals surface area contributed by atoms with Gasteiger partial charge in [-0.3, -0.25) is 9.35 Å². The third kappa shape index (κ3) is 9.66. The molecular weight excluding hydrogens is 765 g/mol. The number of hydrogen-bond acceptors (Lipinski definition) is 9. The molecule has 0 saturated carbocycles. The summed E-state index contributed by atoms with van der Waals surface area (Å²) in [4.78, 5) is 12.3. The highest BCUT2D eigenvalue weighted by molar-refractivity contribution is 7.85. The summed E-state index contributed by atoms with van der Waals surface area (Å²) in [5.41, 5.74) is 6.44. The first-order valence-corrected chi connectivity index (χ1v) is 22.2. The molecule has 1 spiro atoms. The molecule has 3 aliphatic rings. The lowest BCUT2D eigenvalue weighted by molar-refractivity contribution is -0.439. The minimum Gasteiger partial charge on any atom is -0.748 e. The fraction of sp³-hybridized carbons (Fsp3) is 0.364. The standard InChI is InChI=1S/C22H25NO4S.C15H21NO3S.C7H6O2/c1-21(2)18-10-4-5-11-19(18)23(15-7-8-16-28(24,25)26)22(21)14-13-17-9-3-6-12-20(17)27-22;1-12-15(2,3)13-8-4-5-9-14(13)16(12)10-6-7-11-20(17,18)19;8-5-6-3-1-2-4-7(6)9/h3-6,9-14H,7-8,15-16H2,1-2H3,(H,24,25,26);4-5,8-9H,6-7,10-11H2,1-3H3;1-5,9H. The number of para-hydroxylation sites is 4. The second-order valence-electron chi connectivity index (χ2n) is 15.5. The third-order valence-electron chi connectivity index (χ3n) is 11.1. The normalized spacial score (nSPS) is 18.3. The van der Waals surface area contributed by atoms with Crippen LogP contribution in [0.25, 0.3) is 6.08 Å². The fourth-order valence-corrected chi connectivity index (χ4v) is 8.89. The molecule has 0 fully saturated rings. The Labute approximate surface area is 336 Å². The fourth-order valence-electron chi connectivity index (χ4n) is 7.76. The zero-order valence-electron chi connectivity index (χ0n) is 33.1. The SMILES string of the molecule is CC1(C)c2ccccc2N(CCCCS(=O)(=O)O)C12C=Cc1ccccc1O2.CC1=[N+](CCCCS(=O)(=O)[O-])c2ccccc2C1(C)C.O=Cc1ccccc1O. The van der Waals surface area contributed by atoms with E-state index >= 15 is 0 Å². The van der Waals surface area contributed by atoms with Gasteiger partial charge in [-0.25, -0.2) is 8.42 Å². The minimum atomic E-state index is -4.09. The smallest absolute Gasteiger partial charge is 0.264 e. The average Bonchev–Trinajstić information content (AvgIpc) is 3.47. The van der Waals surface area contributed by atoms with E-state index < -0.39 is 26.0 Å². The van der Waals surface area contributed by atoms with Gasteiger partial charge in [-0.05, 0) is 88.9 Å². The molecule has 57 heavy (non-hydrogen) atoms. The van der Waals surface area contributed by atoms with Crippen molar-refractivity contribution in [3.05, 3.63) is 125 Å². The largest absolute Gasteiger partial charge is 0.748 e. The molecule has 304 valence electrons. The number of ether oxygens (including phenoxy) is 1. The number of fused-ring (bicyclic) bond motifs is 3. The molecule has 4 aromatic carbocycles. The monoisotopic (exact) mass is 816 g/mol. The van der Waals surface area contributed by atoms with E-state index in [0.717, 1.165) is 23.5 Å². The molecule has 1 unspecified atom stereocenters. The number of aldehydes is 1. The molecule has 4 aromatic rings. The Morgan fingerprint density at radius 1 is 0.789 bits per heavy atom. The molecule has 0 amide bonds. The van der Waals surface area contributed by atoms with E-state index in [4.69, 9.17) is 14.4 Å². The van der Waals surface area contributed by atoms with E-state index in [9.17, 15) is 26.2 Å². The second-order valence-corrected chi connectivity index (χ2v) is 18.6. The van der Waals surface area contributed by atoms with Gasteiger partial charge in [0.2, 0.25) is 11.4 Å². The number of unbranched alkanes of at least 4 members (excludes halogenated alkanes) is 2. The molecule has 3 heterocycles. The predicted molar refractivity (Wildman–Crippen MR) is 224 cm³/mol. The number of aromatic hydroxyl groups is 1. The van der Waals surface area contributed by atoms with Crippen LogP contribution in [0.15, 0.2) is 103 Å².